The first kappa shape index (κ1) is 39.0. The van der Waals surface area contributed by atoms with Crippen LogP contribution in [0.5, 0.6) is 0 Å². The Morgan fingerprint density at radius 1 is 0.136 bits per heavy atom. The van der Waals surface area contributed by atoms with Crippen molar-refractivity contribution in [1.82, 2.24) is 0 Å². The Morgan fingerprint density at radius 2 is 0.303 bits per heavy atom. The first-order valence-corrected chi connectivity index (χ1v) is 22.8. The highest BCUT2D eigenvalue weighted by molar-refractivity contribution is 6.21. The second kappa shape index (κ2) is 16.8. The van der Waals surface area contributed by atoms with E-state index in [4.69, 9.17) is 0 Å². The molecule has 0 spiro atoms. The normalized spacial score (nSPS) is 11.3. The molecule has 0 amide bonds. The van der Waals surface area contributed by atoms with Gasteiger partial charge in [-0.25, -0.2) is 0 Å². The van der Waals surface area contributed by atoms with Crippen LogP contribution in [0.1, 0.15) is 0 Å². The fourth-order valence-electron chi connectivity index (χ4n) is 9.98. The summed E-state index contributed by atoms with van der Waals surface area (Å²) in [5, 5.41) is 23.5. The molecule has 0 bridgehead atoms. The van der Waals surface area contributed by atoms with Crippen LogP contribution in [0.3, 0.4) is 0 Å². The summed E-state index contributed by atoms with van der Waals surface area (Å²) in [5.41, 5.74) is 5.16. The summed E-state index contributed by atoms with van der Waals surface area (Å²) in [7, 11) is 0. The Labute approximate surface area is 384 Å². The molecular weight excluding hydrogens is 793 g/mol. The molecule has 0 saturated carbocycles. The third kappa shape index (κ3) is 7.35. The van der Waals surface area contributed by atoms with E-state index in [0.717, 1.165) is 0 Å². The summed E-state index contributed by atoms with van der Waals surface area (Å²) < 4.78 is 0. The molecule has 308 valence electrons. The number of rotatable bonds is 2. The summed E-state index contributed by atoms with van der Waals surface area (Å²) in [5.74, 6) is 0. The van der Waals surface area contributed by atoms with Crippen LogP contribution in [-0.2, 0) is 0 Å². The van der Waals surface area contributed by atoms with Crippen LogP contribution < -0.4 is 0 Å². The maximum Gasteiger partial charge on any atom is -0.00264 e. The van der Waals surface area contributed by atoms with Crippen molar-refractivity contribution in [3.63, 3.8) is 0 Å². The molecule has 0 heterocycles. The molecule has 0 aromatic heterocycles. The smallest absolute Gasteiger partial charge is 0.00264 e. The van der Waals surface area contributed by atoms with Gasteiger partial charge in [-0.05, 0) is 180 Å². The van der Waals surface area contributed by atoms with E-state index in [2.05, 4.69) is 267 Å². The zero-order chi connectivity index (χ0) is 43.8. The molecule has 14 aromatic rings. The average Bonchev–Trinajstić information content (AvgIpc) is 3.38. The minimum absolute atomic E-state index is 1.26. The monoisotopic (exact) mass is 836 g/mol. The predicted molar refractivity (Wildman–Crippen MR) is 288 cm³/mol. The lowest BCUT2D eigenvalue weighted by molar-refractivity contribution is 1.65. The van der Waals surface area contributed by atoms with Crippen molar-refractivity contribution in [3.05, 3.63) is 267 Å². The Morgan fingerprint density at radius 3 is 0.515 bits per heavy atom. The highest BCUT2D eigenvalue weighted by Gasteiger charge is 2.16. The lowest BCUT2D eigenvalue weighted by Crippen LogP contribution is -1.90. The molecule has 0 aliphatic heterocycles. The molecule has 0 aliphatic rings. The Balaban J connectivity index is 0.000000105. The molecule has 0 radical (unpaired) electrons. The Kier molecular flexibility index (Phi) is 9.97. The van der Waals surface area contributed by atoms with E-state index >= 15 is 0 Å². The van der Waals surface area contributed by atoms with Gasteiger partial charge in [0.25, 0.3) is 0 Å². The lowest BCUT2D eigenvalue weighted by atomic mass is 9.86. The van der Waals surface area contributed by atoms with Crippen LogP contribution in [0.15, 0.2) is 267 Å². The first-order valence-electron chi connectivity index (χ1n) is 22.8. The average molecular weight is 837 g/mol. The topological polar surface area (TPSA) is 0 Å². The van der Waals surface area contributed by atoms with Gasteiger partial charge in [0.1, 0.15) is 0 Å². The number of hydrogen-bond donors (Lipinski definition) is 0. The van der Waals surface area contributed by atoms with Crippen molar-refractivity contribution in [3.8, 4) is 22.3 Å². The van der Waals surface area contributed by atoms with Gasteiger partial charge in [0.15, 0.2) is 0 Å². The van der Waals surface area contributed by atoms with E-state index < -0.39 is 0 Å². The van der Waals surface area contributed by atoms with Crippen LogP contribution in [0.25, 0.3) is 119 Å². The van der Waals surface area contributed by atoms with Crippen LogP contribution in [0.4, 0.5) is 0 Å². The van der Waals surface area contributed by atoms with Gasteiger partial charge >= 0.3 is 0 Å². The molecule has 14 rings (SSSR count). The van der Waals surface area contributed by atoms with Crippen LogP contribution in [-0.4, -0.2) is 0 Å². The van der Waals surface area contributed by atoms with Crippen LogP contribution in [0.2, 0.25) is 0 Å². The molecule has 0 saturated heterocycles. The zero-order valence-electron chi connectivity index (χ0n) is 36.4. The van der Waals surface area contributed by atoms with E-state index in [1.54, 1.807) is 0 Å². The van der Waals surface area contributed by atoms with Gasteiger partial charge in [0, 0.05) is 0 Å². The van der Waals surface area contributed by atoms with Gasteiger partial charge in [-0.2, -0.15) is 0 Å². The van der Waals surface area contributed by atoms with Crippen LogP contribution >= 0.6 is 0 Å². The third-order valence-electron chi connectivity index (χ3n) is 13.2. The van der Waals surface area contributed by atoms with Crippen LogP contribution in [0, 0.1) is 0 Å². The maximum absolute atomic E-state index is 2.31. The molecule has 0 aliphatic carbocycles. The van der Waals surface area contributed by atoms with Crippen molar-refractivity contribution in [2.45, 2.75) is 0 Å². The second-order valence-corrected chi connectivity index (χ2v) is 17.3. The standard InChI is InChI=1S/C26H18.C22H14.C18H12/c1-3-11-19(12-4-1)25-21-15-7-9-17-23(21)26(20-13-5-2-6-14-20)24-18-10-8-16-22(24)25;1-2-6-16-10-20-14-22-12-18-8-4-3-7-17(18)11-21(22)13-19(20)9-15(16)5-1;1-2-6-14-10-18-12-16-8-4-3-7-15(16)11-17(18)9-13(14)5-1/h1-18H;1-14H;1-12H. The molecule has 0 unspecified atom stereocenters. The second-order valence-electron chi connectivity index (χ2n) is 17.3. The molecular formula is C66H44. The van der Waals surface area contributed by atoms with Gasteiger partial charge < -0.3 is 0 Å². The van der Waals surface area contributed by atoms with E-state index in [9.17, 15) is 0 Å². The highest BCUT2D eigenvalue weighted by Crippen LogP contribution is 2.43. The van der Waals surface area contributed by atoms with Gasteiger partial charge in [-0.3, -0.25) is 0 Å². The quantitative estimate of drug-likeness (QED) is 0.152. The van der Waals surface area contributed by atoms with Crippen molar-refractivity contribution in [2.75, 3.05) is 0 Å². The summed E-state index contributed by atoms with van der Waals surface area (Å²) in [6, 6.07) is 96.0. The minimum atomic E-state index is 1.26. The van der Waals surface area contributed by atoms with Gasteiger partial charge in [0.05, 0.1) is 0 Å². The van der Waals surface area contributed by atoms with Gasteiger partial charge in [-0.1, -0.05) is 206 Å². The molecule has 0 N–H and O–H groups in total. The van der Waals surface area contributed by atoms with E-state index in [0.29, 0.717) is 0 Å². The van der Waals surface area contributed by atoms with E-state index in [1.165, 1.54) is 119 Å². The molecule has 66 heavy (non-hydrogen) atoms. The predicted octanol–water partition coefficient (Wildman–Crippen LogP) is 18.8. The fraction of sp³-hybridized carbons (Fsp3) is 0. The zero-order valence-corrected chi connectivity index (χ0v) is 36.4. The Bertz CT molecular complexity index is 3610. The van der Waals surface area contributed by atoms with E-state index in [1.807, 2.05) is 0 Å². The lowest BCUT2D eigenvalue weighted by Gasteiger charge is -2.17. The summed E-state index contributed by atoms with van der Waals surface area (Å²) >= 11 is 0. The molecule has 14 aromatic carbocycles. The minimum Gasteiger partial charge on any atom is -0.0622 e. The SMILES string of the molecule is c1ccc(-c2c3ccccc3c(-c3ccccc3)c3ccccc23)cc1.c1ccc2cc3cc4cc5ccccc5cc4cc3cc2c1.c1ccc2cc3cc4ccccc4cc3cc2c1. The highest BCUT2D eigenvalue weighted by atomic mass is 14.2. The maximum atomic E-state index is 2.31. The van der Waals surface area contributed by atoms with Gasteiger partial charge in [-0.15, -0.1) is 0 Å². The number of fused-ring (bicyclic) bond motifs is 9. The number of benzene rings is 14. The molecule has 0 nitrogen and oxygen atoms in total. The van der Waals surface area contributed by atoms with E-state index in [-0.39, 0.29) is 0 Å². The fourth-order valence-corrected chi connectivity index (χ4v) is 9.98. The summed E-state index contributed by atoms with van der Waals surface area (Å²) in [6.07, 6.45) is 0. The summed E-state index contributed by atoms with van der Waals surface area (Å²) in [4.78, 5) is 0. The van der Waals surface area contributed by atoms with Crippen molar-refractivity contribution < 1.29 is 0 Å². The van der Waals surface area contributed by atoms with Crippen molar-refractivity contribution >= 4 is 97.0 Å². The summed E-state index contributed by atoms with van der Waals surface area (Å²) in [6.45, 7) is 0. The largest absolute Gasteiger partial charge is 0.0622 e. The Hall–Kier alpha value is -8.58. The molecule has 0 heteroatoms. The third-order valence-corrected chi connectivity index (χ3v) is 13.2. The van der Waals surface area contributed by atoms with Gasteiger partial charge in [0.2, 0.25) is 0 Å². The van der Waals surface area contributed by atoms with Crippen molar-refractivity contribution in [1.29, 1.82) is 0 Å². The van der Waals surface area contributed by atoms with Crippen molar-refractivity contribution in [2.24, 2.45) is 0 Å². The first-order chi connectivity index (χ1) is 32.7. The number of hydrogen-bond acceptors (Lipinski definition) is 0. The molecule has 0 atom stereocenters. The molecule has 0 fully saturated rings.